The van der Waals surface area contributed by atoms with E-state index in [-0.39, 0.29) is 0 Å². The first-order valence-electron chi connectivity index (χ1n) is 5.62. The predicted molar refractivity (Wildman–Crippen MR) is 67.9 cm³/mol. The molecule has 0 fully saturated rings. The Morgan fingerprint density at radius 2 is 2.24 bits per heavy atom. The third-order valence-electron chi connectivity index (χ3n) is 2.46. The molecule has 0 aromatic carbocycles. The molecule has 2 aromatic heterocycles. The van der Waals surface area contributed by atoms with Crippen LogP contribution in [0.25, 0.3) is 11.0 Å². The van der Waals surface area contributed by atoms with Crippen LogP contribution in [0.5, 0.6) is 0 Å². The predicted octanol–water partition coefficient (Wildman–Crippen LogP) is 1.76. The van der Waals surface area contributed by atoms with Crippen LogP contribution in [0.1, 0.15) is 13.3 Å². The van der Waals surface area contributed by atoms with Gasteiger partial charge in [-0.2, -0.15) is 9.97 Å². The minimum atomic E-state index is 0.612. The molecule has 0 unspecified atom stereocenters. The molecule has 6 nitrogen and oxygen atoms in total. The SMILES string of the molecule is CCCNc1nc(NOC)c2ccn(C)c2n1. The summed E-state index contributed by atoms with van der Waals surface area (Å²) in [7, 11) is 3.52. The summed E-state index contributed by atoms with van der Waals surface area (Å²) in [5, 5.41) is 4.11. The Hall–Kier alpha value is -1.82. The number of rotatable bonds is 5. The Labute approximate surface area is 100.0 Å². The molecule has 0 aliphatic heterocycles. The fraction of sp³-hybridized carbons (Fsp3) is 0.455. The van der Waals surface area contributed by atoms with Gasteiger partial charge in [-0.3, -0.25) is 4.84 Å². The number of hydrogen-bond donors (Lipinski definition) is 2. The Bertz CT molecular complexity index is 508. The van der Waals surface area contributed by atoms with E-state index in [1.54, 1.807) is 7.11 Å². The lowest BCUT2D eigenvalue weighted by Crippen LogP contribution is -2.08. The maximum atomic E-state index is 4.93. The van der Waals surface area contributed by atoms with Crippen molar-refractivity contribution in [3.05, 3.63) is 12.3 Å². The van der Waals surface area contributed by atoms with Crippen molar-refractivity contribution in [2.24, 2.45) is 7.05 Å². The molecule has 0 amide bonds. The van der Waals surface area contributed by atoms with E-state index in [1.807, 2.05) is 23.9 Å². The number of nitrogens with zero attached hydrogens (tertiary/aromatic N) is 3. The number of aryl methyl sites for hydroxylation is 1. The largest absolute Gasteiger partial charge is 0.354 e. The Balaban J connectivity index is 2.44. The Morgan fingerprint density at radius 3 is 2.94 bits per heavy atom. The third-order valence-corrected chi connectivity index (χ3v) is 2.46. The number of hydrogen-bond acceptors (Lipinski definition) is 5. The second kappa shape index (κ2) is 5.01. The van der Waals surface area contributed by atoms with Crippen molar-refractivity contribution in [1.29, 1.82) is 0 Å². The number of nitrogens with one attached hydrogen (secondary N) is 2. The topological polar surface area (TPSA) is 64.0 Å². The summed E-state index contributed by atoms with van der Waals surface area (Å²) in [6, 6.07) is 1.96. The van der Waals surface area contributed by atoms with Crippen LogP contribution in [0.3, 0.4) is 0 Å². The van der Waals surface area contributed by atoms with E-state index in [2.05, 4.69) is 27.7 Å². The molecule has 2 N–H and O–H groups in total. The van der Waals surface area contributed by atoms with Gasteiger partial charge >= 0.3 is 0 Å². The molecule has 0 radical (unpaired) electrons. The molecule has 6 heteroatoms. The summed E-state index contributed by atoms with van der Waals surface area (Å²) in [5.41, 5.74) is 3.65. The van der Waals surface area contributed by atoms with Crippen molar-refractivity contribution in [2.45, 2.75) is 13.3 Å². The van der Waals surface area contributed by atoms with Crippen LogP contribution < -0.4 is 10.8 Å². The average molecular weight is 235 g/mol. The van der Waals surface area contributed by atoms with Crippen molar-refractivity contribution < 1.29 is 4.84 Å². The quantitative estimate of drug-likeness (QED) is 0.773. The monoisotopic (exact) mass is 235 g/mol. The lowest BCUT2D eigenvalue weighted by atomic mass is 10.4. The van der Waals surface area contributed by atoms with Crippen molar-refractivity contribution >= 4 is 22.8 Å². The second-order valence-electron chi connectivity index (χ2n) is 3.79. The molecule has 0 atom stereocenters. The minimum absolute atomic E-state index is 0.612. The van der Waals surface area contributed by atoms with Gasteiger partial charge in [-0.1, -0.05) is 6.92 Å². The normalized spacial score (nSPS) is 10.8. The minimum Gasteiger partial charge on any atom is -0.354 e. The van der Waals surface area contributed by atoms with Crippen LogP contribution in [0.4, 0.5) is 11.8 Å². The van der Waals surface area contributed by atoms with Gasteiger partial charge in [0.15, 0.2) is 5.82 Å². The summed E-state index contributed by atoms with van der Waals surface area (Å²) in [5.74, 6) is 1.29. The van der Waals surface area contributed by atoms with Crippen molar-refractivity contribution in [3.63, 3.8) is 0 Å². The van der Waals surface area contributed by atoms with Crippen molar-refractivity contribution in [3.8, 4) is 0 Å². The maximum Gasteiger partial charge on any atom is 0.226 e. The molecule has 0 saturated carbocycles. The number of aromatic nitrogens is 3. The summed E-state index contributed by atoms with van der Waals surface area (Å²) < 4.78 is 1.95. The van der Waals surface area contributed by atoms with Gasteiger partial charge in [-0.25, -0.2) is 5.48 Å². The molecule has 0 bridgehead atoms. The third kappa shape index (κ3) is 2.31. The van der Waals surface area contributed by atoms with Gasteiger partial charge in [-0.05, 0) is 12.5 Å². The van der Waals surface area contributed by atoms with Crippen LogP contribution in [0, 0.1) is 0 Å². The highest BCUT2D eigenvalue weighted by molar-refractivity contribution is 5.88. The fourth-order valence-corrected chi connectivity index (χ4v) is 1.63. The highest BCUT2D eigenvalue weighted by Gasteiger charge is 2.09. The zero-order valence-corrected chi connectivity index (χ0v) is 10.3. The summed E-state index contributed by atoms with van der Waals surface area (Å²) in [4.78, 5) is 13.8. The van der Waals surface area contributed by atoms with E-state index in [4.69, 9.17) is 4.84 Å². The first kappa shape index (κ1) is 11.7. The van der Waals surface area contributed by atoms with Gasteiger partial charge < -0.3 is 9.88 Å². The molecule has 2 aromatic rings. The van der Waals surface area contributed by atoms with E-state index >= 15 is 0 Å². The first-order valence-corrected chi connectivity index (χ1v) is 5.62. The van der Waals surface area contributed by atoms with Gasteiger partial charge in [0, 0.05) is 19.8 Å². The maximum absolute atomic E-state index is 4.93. The van der Waals surface area contributed by atoms with Crippen molar-refractivity contribution in [2.75, 3.05) is 24.5 Å². The number of anilines is 2. The fourth-order valence-electron chi connectivity index (χ4n) is 1.63. The van der Waals surface area contributed by atoms with Crippen LogP contribution >= 0.6 is 0 Å². The first-order chi connectivity index (χ1) is 8.26. The zero-order chi connectivity index (χ0) is 12.3. The van der Waals surface area contributed by atoms with E-state index in [0.717, 1.165) is 24.0 Å². The highest BCUT2D eigenvalue weighted by Crippen LogP contribution is 2.22. The van der Waals surface area contributed by atoms with Crippen LogP contribution in [0.2, 0.25) is 0 Å². The molecular weight excluding hydrogens is 218 g/mol. The summed E-state index contributed by atoms with van der Waals surface area (Å²) in [6.45, 7) is 2.95. The molecule has 0 spiro atoms. The summed E-state index contributed by atoms with van der Waals surface area (Å²) >= 11 is 0. The van der Waals surface area contributed by atoms with E-state index in [1.165, 1.54) is 0 Å². The highest BCUT2D eigenvalue weighted by atomic mass is 16.6. The van der Waals surface area contributed by atoms with Crippen LogP contribution in [-0.4, -0.2) is 28.2 Å². The second-order valence-corrected chi connectivity index (χ2v) is 3.79. The van der Waals surface area contributed by atoms with Crippen molar-refractivity contribution in [1.82, 2.24) is 14.5 Å². The lowest BCUT2D eigenvalue weighted by Gasteiger charge is -2.08. The van der Waals surface area contributed by atoms with E-state index < -0.39 is 0 Å². The summed E-state index contributed by atoms with van der Waals surface area (Å²) in [6.07, 6.45) is 2.98. The standard InChI is InChI=1S/C11H17N5O/c1-4-6-12-11-13-9(15-17-3)8-5-7-16(2)10(8)14-11/h5,7H,4,6H2,1-3H3,(H2,12,13,14,15). The zero-order valence-electron chi connectivity index (χ0n) is 10.3. The molecule has 17 heavy (non-hydrogen) atoms. The van der Waals surface area contributed by atoms with Gasteiger partial charge in [0.1, 0.15) is 5.65 Å². The van der Waals surface area contributed by atoms with Gasteiger partial charge in [0.05, 0.1) is 12.5 Å². The molecule has 2 rings (SSSR count). The van der Waals surface area contributed by atoms with Crippen LogP contribution in [-0.2, 0) is 11.9 Å². The Kier molecular flexibility index (Phi) is 3.43. The molecule has 0 aliphatic carbocycles. The molecule has 92 valence electrons. The molecule has 0 saturated heterocycles. The molecule has 2 heterocycles. The smallest absolute Gasteiger partial charge is 0.226 e. The number of fused-ring (bicyclic) bond motifs is 1. The molecular formula is C11H17N5O. The van der Waals surface area contributed by atoms with Gasteiger partial charge in [0.2, 0.25) is 5.95 Å². The van der Waals surface area contributed by atoms with Gasteiger partial charge in [-0.15, -0.1) is 0 Å². The lowest BCUT2D eigenvalue weighted by molar-refractivity contribution is 0.270. The van der Waals surface area contributed by atoms with Crippen LogP contribution in [0.15, 0.2) is 12.3 Å². The Morgan fingerprint density at radius 1 is 1.41 bits per heavy atom. The van der Waals surface area contributed by atoms with E-state index in [9.17, 15) is 0 Å². The van der Waals surface area contributed by atoms with Gasteiger partial charge in [0.25, 0.3) is 0 Å². The average Bonchev–Trinajstić information content (AvgIpc) is 2.69. The van der Waals surface area contributed by atoms with E-state index in [0.29, 0.717) is 11.8 Å². The molecule has 0 aliphatic rings.